The molecule has 0 radical (unpaired) electrons. The second-order valence-electron chi connectivity index (χ2n) is 4.29. The Balaban J connectivity index is 2.49. The zero-order chi connectivity index (χ0) is 11.2. The van der Waals surface area contributed by atoms with Gasteiger partial charge in [-0.2, -0.15) is 0 Å². The van der Waals surface area contributed by atoms with E-state index in [4.69, 9.17) is 0 Å². The molecule has 0 bridgehead atoms. The zero-order valence-electron chi connectivity index (χ0n) is 8.85. The van der Waals surface area contributed by atoms with Gasteiger partial charge in [-0.3, -0.25) is 0 Å². The smallest absolute Gasteiger partial charge is 0.135 e. The second-order valence-corrected chi connectivity index (χ2v) is 4.29. The fourth-order valence-corrected chi connectivity index (χ4v) is 2.16. The molecule has 2 atom stereocenters. The lowest BCUT2D eigenvalue weighted by Gasteiger charge is -2.14. The summed E-state index contributed by atoms with van der Waals surface area (Å²) in [7, 11) is 0. The molecule has 1 aliphatic carbocycles. The fraction of sp³-hybridized carbons (Fsp3) is 0.500. The van der Waals surface area contributed by atoms with Crippen LogP contribution in [0.2, 0.25) is 0 Å². The van der Waals surface area contributed by atoms with Gasteiger partial charge in [0.25, 0.3) is 0 Å². The SMILES string of the molecule is CCC1CC1(O)c1c(F)ccc(C)c1F. The summed E-state index contributed by atoms with van der Waals surface area (Å²) >= 11 is 0. The normalized spacial score (nSPS) is 29.3. The first-order valence-electron chi connectivity index (χ1n) is 5.18. The third kappa shape index (κ3) is 1.46. The molecule has 2 unspecified atom stereocenters. The Hall–Kier alpha value is -0.960. The highest BCUT2D eigenvalue weighted by Gasteiger charge is 2.55. The predicted octanol–water partition coefficient (Wildman–Crippen LogP) is 2.89. The van der Waals surface area contributed by atoms with E-state index in [1.165, 1.54) is 12.1 Å². The van der Waals surface area contributed by atoms with Crippen LogP contribution in [0.5, 0.6) is 0 Å². The van der Waals surface area contributed by atoms with E-state index in [9.17, 15) is 13.9 Å². The number of hydrogen-bond acceptors (Lipinski definition) is 1. The van der Waals surface area contributed by atoms with Gasteiger partial charge in [0.15, 0.2) is 0 Å². The maximum atomic E-state index is 13.7. The minimum Gasteiger partial charge on any atom is -0.385 e. The van der Waals surface area contributed by atoms with Gasteiger partial charge in [0.05, 0.1) is 11.2 Å². The molecule has 0 spiro atoms. The molecule has 0 aromatic heterocycles. The van der Waals surface area contributed by atoms with Crippen LogP contribution in [0.25, 0.3) is 0 Å². The number of rotatable bonds is 2. The van der Waals surface area contributed by atoms with Crippen LogP contribution < -0.4 is 0 Å². The molecule has 0 amide bonds. The third-order valence-corrected chi connectivity index (χ3v) is 3.28. The minimum absolute atomic E-state index is 0.0108. The average Bonchev–Trinajstić information content (AvgIpc) is 2.85. The van der Waals surface area contributed by atoms with Crippen molar-refractivity contribution in [2.45, 2.75) is 32.3 Å². The Kier molecular flexibility index (Phi) is 2.30. The van der Waals surface area contributed by atoms with E-state index in [1.54, 1.807) is 6.92 Å². The first-order valence-corrected chi connectivity index (χ1v) is 5.18. The van der Waals surface area contributed by atoms with Crippen LogP contribution >= 0.6 is 0 Å². The topological polar surface area (TPSA) is 20.2 Å². The summed E-state index contributed by atoms with van der Waals surface area (Å²) < 4.78 is 27.2. The zero-order valence-corrected chi connectivity index (χ0v) is 8.85. The van der Waals surface area contributed by atoms with Crippen molar-refractivity contribution in [2.75, 3.05) is 0 Å². The summed E-state index contributed by atoms with van der Waals surface area (Å²) in [5, 5.41) is 10.1. The van der Waals surface area contributed by atoms with E-state index >= 15 is 0 Å². The molecule has 3 heteroatoms. The summed E-state index contributed by atoms with van der Waals surface area (Å²) in [5.74, 6) is -1.26. The lowest BCUT2D eigenvalue weighted by molar-refractivity contribution is 0.121. The van der Waals surface area contributed by atoms with Gasteiger partial charge in [0.2, 0.25) is 0 Å². The van der Waals surface area contributed by atoms with Crippen LogP contribution in [-0.2, 0) is 5.60 Å². The van der Waals surface area contributed by atoms with Gasteiger partial charge in [-0.15, -0.1) is 0 Å². The quantitative estimate of drug-likeness (QED) is 0.799. The molecule has 1 fully saturated rings. The van der Waals surface area contributed by atoms with Crippen molar-refractivity contribution in [2.24, 2.45) is 5.92 Å². The maximum Gasteiger partial charge on any atom is 0.135 e. The van der Waals surface area contributed by atoms with E-state index in [-0.39, 0.29) is 11.5 Å². The van der Waals surface area contributed by atoms with Crippen molar-refractivity contribution < 1.29 is 13.9 Å². The van der Waals surface area contributed by atoms with E-state index in [2.05, 4.69) is 0 Å². The number of benzene rings is 1. The largest absolute Gasteiger partial charge is 0.385 e. The van der Waals surface area contributed by atoms with Crippen molar-refractivity contribution in [3.05, 3.63) is 34.9 Å². The third-order valence-electron chi connectivity index (χ3n) is 3.28. The van der Waals surface area contributed by atoms with Crippen molar-refractivity contribution in [3.63, 3.8) is 0 Å². The lowest BCUT2D eigenvalue weighted by atomic mass is 10.0. The van der Waals surface area contributed by atoms with Gasteiger partial charge in [-0.05, 0) is 30.9 Å². The molecule has 82 valence electrons. The molecule has 1 saturated carbocycles. The van der Waals surface area contributed by atoms with Crippen LogP contribution in [0.3, 0.4) is 0 Å². The van der Waals surface area contributed by atoms with Crippen LogP contribution in [-0.4, -0.2) is 5.11 Å². The van der Waals surface area contributed by atoms with Crippen molar-refractivity contribution in [3.8, 4) is 0 Å². The van der Waals surface area contributed by atoms with Crippen LogP contribution in [0.1, 0.15) is 30.9 Å². The van der Waals surface area contributed by atoms with Gasteiger partial charge in [-0.25, -0.2) is 8.78 Å². The van der Waals surface area contributed by atoms with Crippen LogP contribution in [0.15, 0.2) is 12.1 Å². The monoisotopic (exact) mass is 212 g/mol. The van der Waals surface area contributed by atoms with E-state index in [0.717, 1.165) is 6.42 Å². The fourth-order valence-electron chi connectivity index (χ4n) is 2.16. The van der Waals surface area contributed by atoms with Crippen LogP contribution in [0, 0.1) is 24.5 Å². The molecule has 0 aliphatic heterocycles. The van der Waals surface area contributed by atoms with E-state index < -0.39 is 17.2 Å². The Morgan fingerprint density at radius 1 is 1.47 bits per heavy atom. The highest BCUT2D eigenvalue weighted by atomic mass is 19.1. The summed E-state index contributed by atoms with van der Waals surface area (Å²) in [6.07, 6.45) is 1.20. The molecular formula is C12H14F2O. The van der Waals surface area contributed by atoms with Crippen molar-refractivity contribution in [1.29, 1.82) is 0 Å². The van der Waals surface area contributed by atoms with Crippen molar-refractivity contribution >= 4 is 0 Å². The number of aliphatic hydroxyl groups is 1. The number of aryl methyl sites for hydroxylation is 1. The number of hydrogen-bond donors (Lipinski definition) is 1. The average molecular weight is 212 g/mol. The number of halogens is 2. The summed E-state index contributed by atoms with van der Waals surface area (Å²) in [4.78, 5) is 0. The molecular weight excluding hydrogens is 198 g/mol. The van der Waals surface area contributed by atoms with Gasteiger partial charge in [-0.1, -0.05) is 19.4 Å². The molecule has 1 aliphatic rings. The van der Waals surface area contributed by atoms with E-state index in [0.29, 0.717) is 12.0 Å². The van der Waals surface area contributed by atoms with Gasteiger partial charge < -0.3 is 5.11 Å². The Morgan fingerprint density at radius 2 is 2.13 bits per heavy atom. The highest BCUT2D eigenvalue weighted by molar-refractivity contribution is 5.36. The maximum absolute atomic E-state index is 13.7. The lowest BCUT2D eigenvalue weighted by Crippen LogP contribution is -2.14. The van der Waals surface area contributed by atoms with E-state index in [1.807, 2.05) is 6.92 Å². The highest BCUT2D eigenvalue weighted by Crippen LogP contribution is 2.55. The minimum atomic E-state index is -1.27. The molecule has 1 aromatic rings. The molecule has 1 aromatic carbocycles. The Bertz CT molecular complexity index is 403. The van der Waals surface area contributed by atoms with Crippen LogP contribution in [0.4, 0.5) is 8.78 Å². The first kappa shape index (κ1) is 10.6. The molecule has 15 heavy (non-hydrogen) atoms. The first-order chi connectivity index (χ1) is 7.00. The summed E-state index contributed by atoms with van der Waals surface area (Å²) in [6.45, 7) is 3.49. The second kappa shape index (κ2) is 3.27. The summed E-state index contributed by atoms with van der Waals surface area (Å²) in [6, 6.07) is 2.61. The molecule has 0 heterocycles. The molecule has 2 rings (SSSR count). The van der Waals surface area contributed by atoms with Crippen molar-refractivity contribution in [1.82, 2.24) is 0 Å². The molecule has 1 nitrogen and oxygen atoms in total. The van der Waals surface area contributed by atoms with Gasteiger partial charge in [0.1, 0.15) is 11.6 Å². The standard InChI is InChI=1S/C12H14F2O/c1-3-8-6-12(8,15)10-9(13)5-4-7(2)11(10)14/h4-5,8,15H,3,6H2,1-2H3. The van der Waals surface area contributed by atoms with Gasteiger partial charge >= 0.3 is 0 Å². The van der Waals surface area contributed by atoms with Gasteiger partial charge in [0, 0.05) is 0 Å². The summed E-state index contributed by atoms with van der Waals surface area (Å²) in [5.41, 5.74) is -1.04. The molecule has 0 saturated heterocycles. The Morgan fingerprint density at radius 3 is 2.67 bits per heavy atom. The molecule has 1 N–H and O–H groups in total. The Labute approximate surface area is 87.7 Å². The predicted molar refractivity (Wildman–Crippen MR) is 53.4 cm³/mol.